The van der Waals surface area contributed by atoms with Crippen LogP contribution in [-0.2, 0) is 4.79 Å². The summed E-state index contributed by atoms with van der Waals surface area (Å²) in [5, 5.41) is 6.68. The minimum Gasteiger partial charge on any atom is -0.353 e. The normalized spacial score (nSPS) is 29.3. The van der Waals surface area contributed by atoms with E-state index in [1.807, 2.05) is 0 Å². The molecule has 0 aromatic heterocycles. The number of amides is 1. The third-order valence-corrected chi connectivity index (χ3v) is 5.14. The molecule has 3 aliphatic rings. The van der Waals surface area contributed by atoms with Gasteiger partial charge in [0.05, 0.1) is 0 Å². The van der Waals surface area contributed by atoms with Gasteiger partial charge in [-0.2, -0.15) is 0 Å². The Labute approximate surface area is 122 Å². The molecule has 2 N–H and O–H groups in total. The van der Waals surface area contributed by atoms with Gasteiger partial charge in [0.15, 0.2) is 0 Å². The van der Waals surface area contributed by atoms with E-state index < -0.39 is 0 Å². The van der Waals surface area contributed by atoms with Crippen molar-refractivity contribution in [2.75, 3.05) is 26.2 Å². The number of likely N-dealkylation sites (tertiary alicyclic amines) is 1. The molecule has 1 unspecified atom stereocenters. The molecular weight excluding hydrogens is 250 g/mol. The molecule has 0 bridgehead atoms. The minimum atomic E-state index is 0.278. The summed E-state index contributed by atoms with van der Waals surface area (Å²) in [6.45, 7) is 4.62. The molecule has 2 aliphatic heterocycles. The van der Waals surface area contributed by atoms with E-state index in [-0.39, 0.29) is 5.91 Å². The monoisotopic (exact) mass is 279 g/mol. The molecule has 0 aromatic carbocycles. The molecule has 0 spiro atoms. The fraction of sp³-hybridized carbons (Fsp3) is 0.938. The average Bonchev–Trinajstić information content (AvgIpc) is 3.32. The number of carbonyl (C=O) groups excluding carboxylic acids is 1. The van der Waals surface area contributed by atoms with Crippen molar-refractivity contribution >= 4 is 5.91 Å². The molecule has 1 aliphatic carbocycles. The zero-order valence-electron chi connectivity index (χ0n) is 12.6. The molecule has 4 nitrogen and oxygen atoms in total. The van der Waals surface area contributed by atoms with Crippen molar-refractivity contribution in [2.24, 2.45) is 5.92 Å². The predicted molar refractivity (Wildman–Crippen MR) is 80.6 cm³/mol. The highest BCUT2D eigenvalue weighted by Gasteiger charge is 2.32. The molecule has 1 amide bonds. The van der Waals surface area contributed by atoms with E-state index in [0.29, 0.717) is 12.0 Å². The fourth-order valence-electron chi connectivity index (χ4n) is 3.65. The van der Waals surface area contributed by atoms with E-state index >= 15 is 0 Å². The van der Waals surface area contributed by atoms with Gasteiger partial charge in [-0.15, -0.1) is 0 Å². The van der Waals surface area contributed by atoms with Crippen molar-refractivity contribution in [2.45, 2.75) is 63.5 Å². The Balaban J connectivity index is 1.30. The quantitative estimate of drug-likeness (QED) is 0.802. The van der Waals surface area contributed by atoms with Crippen molar-refractivity contribution in [1.29, 1.82) is 0 Å². The Hall–Kier alpha value is -0.610. The summed E-state index contributed by atoms with van der Waals surface area (Å²) in [5.41, 5.74) is 0. The van der Waals surface area contributed by atoms with Crippen molar-refractivity contribution in [3.8, 4) is 0 Å². The number of nitrogens with one attached hydrogen (secondary N) is 2. The first-order chi connectivity index (χ1) is 9.81. The van der Waals surface area contributed by atoms with E-state index in [1.54, 1.807) is 0 Å². The smallest absolute Gasteiger partial charge is 0.220 e. The maximum atomic E-state index is 12.0. The first-order valence-electron chi connectivity index (χ1n) is 8.55. The Bertz CT molecular complexity index is 316. The van der Waals surface area contributed by atoms with E-state index in [9.17, 15) is 4.79 Å². The molecule has 2 heterocycles. The zero-order valence-corrected chi connectivity index (χ0v) is 12.6. The van der Waals surface area contributed by atoms with Crippen molar-refractivity contribution in [3.63, 3.8) is 0 Å². The van der Waals surface area contributed by atoms with Crippen LogP contribution < -0.4 is 10.6 Å². The molecule has 3 rings (SSSR count). The van der Waals surface area contributed by atoms with Crippen LogP contribution in [0.15, 0.2) is 0 Å². The van der Waals surface area contributed by atoms with Gasteiger partial charge in [0.1, 0.15) is 0 Å². The van der Waals surface area contributed by atoms with Crippen molar-refractivity contribution in [3.05, 3.63) is 0 Å². The highest BCUT2D eigenvalue weighted by Crippen LogP contribution is 2.29. The van der Waals surface area contributed by atoms with Gasteiger partial charge in [0.2, 0.25) is 5.91 Å². The summed E-state index contributed by atoms with van der Waals surface area (Å²) >= 11 is 0. The molecule has 4 heteroatoms. The van der Waals surface area contributed by atoms with Gasteiger partial charge < -0.3 is 15.5 Å². The van der Waals surface area contributed by atoms with Gasteiger partial charge in [0, 0.05) is 31.6 Å². The van der Waals surface area contributed by atoms with Crippen LogP contribution in [-0.4, -0.2) is 49.1 Å². The molecule has 20 heavy (non-hydrogen) atoms. The molecule has 0 aromatic rings. The molecule has 114 valence electrons. The van der Waals surface area contributed by atoms with E-state index in [1.165, 1.54) is 38.8 Å². The Morgan fingerprint density at radius 1 is 1.15 bits per heavy atom. The standard InChI is InChI=1S/C16H29N3O/c20-16(6-3-13-2-1-9-17-12-13)18-14-7-10-19(11-8-14)15-4-5-15/h13-15,17H,1-12H2,(H,18,20). The average molecular weight is 279 g/mol. The van der Waals surface area contributed by atoms with Crippen LogP contribution in [0.4, 0.5) is 0 Å². The summed E-state index contributed by atoms with van der Waals surface area (Å²) < 4.78 is 0. The van der Waals surface area contributed by atoms with Crippen LogP contribution in [0.3, 0.4) is 0 Å². The summed E-state index contributed by atoms with van der Waals surface area (Å²) in [5.74, 6) is 0.992. The Kier molecular flexibility index (Phi) is 4.94. The minimum absolute atomic E-state index is 0.278. The molecule has 1 saturated carbocycles. The number of nitrogens with zero attached hydrogens (tertiary/aromatic N) is 1. The van der Waals surface area contributed by atoms with E-state index in [4.69, 9.17) is 0 Å². The summed E-state index contributed by atoms with van der Waals surface area (Å²) in [4.78, 5) is 14.6. The number of hydrogen-bond acceptors (Lipinski definition) is 3. The number of rotatable bonds is 5. The highest BCUT2D eigenvalue weighted by atomic mass is 16.1. The van der Waals surface area contributed by atoms with Gasteiger partial charge in [-0.25, -0.2) is 0 Å². The topological polar surface area (TPSA) is 44.4 Å². The lowest BCUT2D eigenvalue weighted by atomic mass is 9.94. The van der Waals surface area contributed by atoms with Gasteiger partial charge in [0.25, 0.3) is 0 Å². The molecule has 1 atom stereocenters. The Morgan fingerprint density at radius 2 is 1.95 bits per heavy atom. The predicted octanol–water partition coefficient (Wildman–Crippen LogP) is 1.51. The van der Waals surface area contributed by atoms with Crippen LogP contribution >= 0.6 is 0 Å². The molecular formula is C16H29N3O. The highest BCUT2D eigenvalue weighted by molar-refractivity contribution is 5.76. The van der Waals surface area contributed by atoms with Crippen LogP contribution in [0.25, 0.3) is 0 Å². The van der Waals surface area contributed by atoms with E-state index in [0.717, 1.165) is 44.8 Å². The number of piperidine rings is 2. The van der Waals surface area contributed by atoms with Gasteiger partial charge in [-0.1, -0.05) is 0 Å². The number of hydrogen-bond donors (Lipinski definition) is 2. The first-order valence-corrected chi connectivity index (χ1v) is 8.55. The van der Waals surface area contributed by atoms with Gasteiger partial charge in [-0.3, -0.25) is 4.79 Å². The lowest BCUT2D eigenvalue weighted by Gasteiger charge is -2.32. The van der Waals surface area contributed by atoms with Crippen LogP contribution in [0, 0.1) is 5.92 Å². The van der Waals surface area contributed by atoms with Gasteiger partial charge >= 0.3 is 0 Å². The second-order valence-corrected chi connectivity index (χ2v) is 6.86. The molecule has 3 fully saturated rings. The maximum absolute atomic E-state index is 12.0. The lowest BCUT2D eigenvalue weighted by Crippen LogP contribution is -2.45. The fourth-order valence-corrected chi connectivity index (χ4v) is 3.65. The van der Waals surface area contributed by atoms with Crippen LogP contribution in [0.2, 0.25) is 0 Å². The maximum Gasteiger partial charge on any atom is 0.220 e. The van der Waals surface area contributed by atoms with Crippen LogP contribution in [0.1, 0.15) is 51.4 Å². The summed E-state index contributed by atoms with van der Waals surface area (Å²) in [6, 6.07) is 1.31. The third-order valence-electron chi connectivity index (χ3n) is 5.14. The zero-order chi connectivity index (χ0) is 13.8. The first kappa shape index (κ1) is 14.3. The second kappa shape index (κ2) is 6.90. The Morgan fingerprint density at radius 3 is 2.60 bits per heavy atom. The molecule has 0 radical (unpaired) electrons. The van der Waals surface area contributed by atoms with Crippen molar-refractivity contribution < 1.29 is 4.79 Å². The summed E-state index contributed by atoms with van der Waals surface area (Å²) in [6.07, 6.45) is 9.42. The van der Waals surface area contributed by atoms with Gasteiger partial charge in [-0.05, 0) is 64.0 Å². The molecule has 2 saturated heterocycles. The third kappa shape index (κ3) is 4.19. The van der Waals surface area contributed by atoms with Crippen molar-refractivity contribution in [1.82, 2.24) is 15.5 Å². The number of carbonyl (C=O) groups is 1. The largest absolute Gasteiger partial charge is 0.353 e. The van der Waals surface area contributed by atoms with E-state index in [2.05, 4.69) is 15.5 Å². The summed E-state index contributed by atoms with van der Waals surface area (Å²) in [7, 11) is 0. The second-order valence-electron chi connectivity index (χ2n) is 6.86. The van der Waals surface area contributed by atoms with Crippen LogP contribution in [0.5, 0.6) is 0 Å². The SMILES string of the molecule is O=C(CCC1CCCNC1)NC1CCN(C2CC2)CC1. The lowest BCUT2D eigenvalue weighted by molar-refractivity contribution is -0.122.